The lowest BCUT2D eigenvalue weighted by Gasteiger charge is -2.34. The summed E-state index contributed by atoms with van der Waals surface area (Å²) in [7, 11) is 0. The van der Waals surface area contributed by atoms with Gasteiger partial charge in [0.25, 0.3) is 0 Å². The summed E-state index contributed by atoms with van der Waals surface area (Å²) in [6.45, 7) is 0.660. The van der Waals surface area contributed by atoms with Crippen LogP contribution < -0.4 is 10.6 Å². The molecule has 2 saturated carbocycles. The Hall–Kier alpha value is -2.05. The Balaban J connectivity index is 1.40. The first-order chi connectivity index (χ1) is 12.2. The number of aromatic nitrogens is 2. The van der Waals surface area contributed by atoms with Gasteiger partial charge in [-0.05, 0) is 44.6 Å². The highest BCUT2D eigenvalue weighted by atomic mass is 16.2. The van der Waals surface area contributed by atoms with Gasteiger partial charge in [0.15, 0.2) is 0 Å². The smallest absolute Gasteiger partial charge is 0.318 e. The molecule has 25 heavy (non-hydrogen) atoms. The number of rotatable bonds is 4. The Morgan fingerprint density at radius 2 is 1.84 bits per heavy atom. The highest BCUT2D eigenvalue weighted by Crippen LogP contribution is 2.29. The van der Waals surface area contributed by atoms with Crippen molar-refractivity contribution in [2.75, 3.05) is 6.54 Å². The number of carbonyl (C=O) groups excluding carboxylic acids is 2. The van der Waals surface area contributed by atoms with Crippen molar-refractivity contribution >= 4 is 11.9 Å². The summed E-state index contributed by atoms with van der Waals surface area (Å²) in [6, 6.07) is 2.12. The predicted octanol–water partition coefficient (Wildman–Crippen LogP) is 1.82. The number of likely N-dealkylation sites (tertiary alicyclic amines) is 1. The van der Waals surface area contributed by atoms with E-state index in [4.69, 9.17) is 0 Å². The minimum Gasteiger partial charge on any atom is -0.352 e. The number of carbonyl (C=O) groups is 2. The molecule has 2 heterocycles. The van der Waals surface area contributed by atoms with Gasteiger partial charge in [-0.2, -0.15) is 5.10 Å². The molecule has 0 aromatic carbocycles. The minimum atomic E-state index is -0.313. The average molecular weight is 345 g/mol. The van der Waals surface area contributed by atoms with Gasteiger partial charge >= 0.3 is 6.03 Å². The monoisotopic (exact) mass is 345 g/mol. The molecule has 2 N–H and O–H groups in total. The van der Waals surface area contributed by atoms with Gasteiger partial charge in [0.1, 0.15) is 6.04 Å². The third kappa shape index (κ3) is 3.65. The van der Waals surface area contributed by atoms with Gasteiger partial charge in [-0.15, -0.1) is 0 Å². The number of hydrogen-bond donors (Lipinski definition) is 2. The molecule has 3 atom stereocenters. The maximum Gasteiger partial charge on any atom is 0.318 e. The molecular weight excluding hydrogens is 318 g/mol. The van der Waals surface area contributed by atoms with E-state index in [9.17, 15) is 9.59 Å². The molecule has 1 aliphatic heterocycles. The van der Waals surface area contributed by atoms with Gasteiger partial charge in [-0.1, -0.05) is 12.8 Å². The van der Waals surface area contributed by atoms with Crippen molar-refractivity contribution in [2.45, 2.75) is 75.5 Å². The summed E-state index contributed by atoms with van der Waals surface area (Å²) >= 11 is 0. The number of nitrogens with zero attached hydrogens (tertiary/aromatic N) is 3. The topological polar surface area (TPSA) is 79.3 Å². The molecule has 7 nitrogen and oxygen atoms in total. The molecule has 4 rings (SSSR count). The van der Waals surface area contributed by atoms with Gasteiger partial charge in [-0.25, -0.2) is 4.79 Å². The van der Waals surface area contributed by atoms with Gasteiger partial charge in [-0.3, -0.25) is 9.48 Å². The first-order valence-corrected chi connectivity index (χ1v) is 9.59. The van der Waals surface area contributed by atoms with Crippen molar-refractivity contribution in [1.29, 1.82) is 0 Å². The third-order valence-electron chi connectivity index (χ3n) is 5.64. The molecule has 3 fully saturated rings. The number of urea groups is 1. The van der Waals surface area contributed by atoms with Crippen molar-refractivity contribution in [1.82, 2.24) is 25.3 Å². The fraction of sp³-hybridized carbons (Fsp3) is 0.722. The second-order valence-corrected chi connectivity index (χ2v) is 7.53. The molecule has 1 aromatic rings. The summed E-state index contributed by atoms with van der Waals surface area (Å²) < 4.78 is 1.96. The van der Waals surface area contributed by atoms with E-state index in [1.807, 2.05) is 16.9 Å². The van der Waals surface area contributed by atoms with Gasteiger partial charge < -0.3 is 15.5 Å². The fourth-order valence-corrected chi connectivity index (χ4v) is 4.12. The van der Waals surface area contributed by atoms with Crippen LogP contribution in [0.5, 0.6) is 0 Å². The quantitative estimate of drug-likeness (QED) is 0.874. The first-order valence-electron chi connectivity index (χ1n) is 9.59. The second kappa shape index (κ2) is 7.06. The van der Waals surface area contributed by atoms with E-state index in [0.29, 0.717) is 12.6 Å². The Morgan fingerprint density at radius 3 is 2.60 bits per heavy atom. The highest BCUT2D eigenvalue weighted by molar-refractivity contribution is 5.88. The van der Waals surface area contributed by atoms with Crippen molar-refractivity contribution in [3.63, 3.8) is 0 Å². The van der Waals surface area contributed by atoms with Crippen molar-refractivity contribution < 1.29 is 9.59 Å². The van der Waals surface area contributed by atoms with E-state index in [-0.39, 0.29) is 30.1 Å². The van der Waals surface area contributed by atoms with Gasteiger partial charge in [0.2, 0.25) is 5.91 Å². The Labute approximate surface area is 148 Å². The van der Waals surface area contributed by atoms with E-state index in [2.05, 4.69) is 15.7 Å². The van der Waals surface area contributed by atoms with Crippen LogP contribution in [0.1, 0.15) is 57.4 Å². The second-order valence-electron chi connectivity index (χ2n) is 7.53. The maximum atomic E-state index is 12.9. The van der Waals surface area contributed by atoms with E-state index in [0.717, 1.165) is 51.4 Å². The normalized spacial score (nSPS) is 29.4. The molecule has 1 saturated heterocycles. The van der Waals surface area contributed by atoms with Crippen molar-refractivity contribution in [3.8, 4) is 0 Å². The molecule has 0 unspecified atom stereocenters. The van der Waals surface area contributed by atoms with Crippen LogP contribution in [0.25, 0.3) is 0 Å². The molecule has 3 aliphatic rings. The summed E-state index contributed by atoms with van der Waals surface area (Å²) in [5, 5.41) is 10.6. The summed E-state index contributed by atoms with van der Waals surface area (Å²) in [5.74, 6) is 0.0161. The van der Waals surface area contributed by atoms with Crippen LogP contribution >= 0.6 is 0 Å². The van der Waals surface area contributed by atoms with Crippen molar-refractivity contribution in [3.05, 3.63) is 18.5 Å². The fourth-order valence-electron chi connectivity index (χ4n) is 4.12. The molecule has 0 radical (unpaired) electrons. The molecule has 136 valence electrons. The van der Waals surface area contributed by atoms with Crippen LogP contribution in [-0.2, 0) is 4.79 Å². The Kier molecular flexibility index (Phi) is 4.63. The summed E-state index contributed by atoms with van der Waals surface area (Å²) in [5.41, 5.74) is 0. The number of amides is 3. The standard InChI is InChI=1S/C18H27N5O2/c24-17(20-13-8-9-13)16-7-3-11-22(16)18(25)21-14-5-1-2-6-15(14)23-12-4-10-19-23/h4,10,12-16H,1-3,5-9,11H2,(H,20,24)(H,21,25)/t14-,15-,16-/m0/s1. The molecule has 0 bridgehead atoms. The lowest BCUT2D eigenvalue weighted by Crippen LogP contribution is -2.53. The lowest BCUT2D eigenvalue weighted by atomic mass is 9.90. The van der Waals surface area contributed by atoms with Crippen LogP contribution in [-0.4, -0.2) is 51.3 Å². The minimum absolute atomic E-state index is 0.0161. The molecular formula is C18H27N5O2. The number of hydrogen-bond acceptors (Lipinski definition) is 3. The molecule has 3 amide bonds. The Bertz CT molecular complexity index is 613. The zero-order valence-corrected chi connectivity index (χ0v) is 14.6. The highest BCUT2D eigenvalue weighted by Gasteiger charge is 2.38. The first kappa shape index (κ1) is 16.4. The van der Waals surface area contributed by atoms with Gasteiger partial charge in [0.05, 0.1) is 12.1 Å². The third-order valence-corrected chi connectivity index (χ3v) is 5.64. The van der Waals surface area contributed by atoms with E-state index in [1.54, 1.807) is 11.1 Å². The van der Waals surface area contributed by atoms with Crippen LogP contribution in [0.3, 0.4) is 0 Å². The summed E-state index contributed by atoms with van der Waals surface area (Å²) in [6.07, 6.45) is 11.8. The van der Waals surface area contributed by atoms with Crippen LogP contribution in [0, 0.1) is 0 Å². The number of nitrogens with one attached hydrogen (secondary N) is 2. The Morgan fingerprint density at radius 1 is 1.00 bits per heavy atom. The average Bonchev–Trinajstić information content (AvgIpc) is 3.10. The summed E-state index contributed by atoms with van der Waals surface area (Å²) in [4.78, 5) is 27.0. The van der Waals surface area contributed by atoms with Crippen LogP contribution in [0.15, 0.2) is 18.5 Å². The van der Waals surface area contributed by atoms with Gasteiger partial charge in [0, 0.05) is 25.0 Å². The lowest BCUT2D eigenvalue weighted by molar-refractivity contribution is -0.124. The zero-order valence-electron chi connectivity index (χ0n) is 14.6. The maximum absolute atomic E-state index is 12.9. The van der Waals surface area contributed by atoms with E-state index < -0.39 is 0 Å². The molecule has 0 spiro atoms. The molecule has 1 aromatic heterocycles. The zero-order chi connectivity index (χ0) is 17.2. The van der Waals surface area contributed by atoms with E-state index in [1.165, 1.54) is 0 Å². The van der Waals surface area contributed by atoms with Crippen LogP contribution in [0.2, 0.25) is 0 Å². The predicted molar refractivity (Wildman–Crippen MR) is 92.9 cm³/mol. The SMILES string of the molecule is O=C(NC1CC1)[C@@H]1CCCN1C(=O)N[C@H]1CCCC[C@@H]1n1cccn1. The molecule has 7 heteroatoms. The largest absolute Gasteiger partial charge is 0.352 e. The molecule has 2 aliphatic carbocycles. The van der Waals surface area contributed by atoms with E-state index >= 15 is 0 Å². The van der Waals surface area contributed by atoms with Crippen LogP contribution in [0.4, 0.5) is 4.79 Å². The van der Waals surface area contributed by atoms with Crippen molar-refractivity contribution in [2.24, 2.45) is 0 Å².